The molecule has 89 heavy (non-hydrogen) atoms. The van der Waals surface area contributed by atoms with Crippen molar-refractivity contribution < 1.29 is 98.1 Å². The standard InChI is InChI=1S/C59H88N8O17.2CN.Co/c1-35-49-37(15-17-43(69)76-9)54(3,4)40(63-49)32-41-59(75,22-20-46(72)79-12)57(7,33-42(68)61-23-25-82-27-29-84-30-28-83-26-24-62-67-60)52(64-41)36(2)50-38(16-18-44(70)77-10)56(6,34-48(74)81-14)58(8,66-50)53-39(31-47(73)80-13)55(5,51(35)65-53)21-19-45(71)78-11;2*1-2;/h32,37-39,53,75H,15-31,33-34H2,1-14H3,(H2,61,63,64,65,66,68);;;/q;2*-1;+3/p-1/t37-,38-,39+,53?,55-,56+,57-,58+,59+;;;/m1.../s1. The van der Waals surface area contributed by atoms with E-state index in [1.54, 1.807) is 19.9 Å². The van der Waals surface area contributed by atoms with Gasteiger partial charge in [-0.2, -0.15) is 5.70 Å². The maximum absolute atomic E-state index is 14.6. The molecule has 492 valence electrons. The molecule has 5 aliphatic rings. The number of ether oxygens (including phenoxy) is 9. The van der Waals surface area contributed by atoms with Crippen LogP contribution in [0.1, 0.15) is 126 Å². The minimum absolute atomic E-state index is 0. The number of fused-ring (bicyclic) bond motifs is 6. The van der Waals surface area contributed by atoms with Crippen molar-refractivity contribution >= 4 is 58.9 Å². The van der Waals surface area contributed by atoms with Gasteiger partial charge < -0.3 is 82.0 Å². The van der Waals surface area contributed by atoms with Gasteiger partial charge in [0.1, 0.15) is 5.60 Å². The molecule has 2 N–H and O–H groups in total. The summed E-state index contributed by atoms with van der Waals surface area (Å²) in [7, 11) is 7.65. The fourth-order valence-corrected chi connectivity index (χ4v) is 13.2. The Kier molecular flexibility index (Phi) is 30.5. The van der Waals surface area contributed by atoms with Gasteiger partial charge in [0.25, 0.3) is 0 Å². The van der Waals surface area contributed by atoms with E-state index in [2.05, 4.69) is 15.3 Å². The Morgan fingerprint density at radius 2 is 1.18 bits per heavy atom. The monoisotopic (exact) mass is 1290 g/mol. The molecular weight excluding hydrogens is 1200 g/mol. The van der Waals surface area contributed by atoms with Crippen LogP contribution in [0.5, 0.6) is 0 Å². The average Bonchev–Trinajstić information content (AvgIpc) is 1.55. The number of methoxy groups -OCH3 is 6. The van der Waals surface area contributed by atoms with E-state index in [0.29, 0.717) is 40.6 Å². The third-order valence-electron chi connectivity index (χ3n) is 18.4. The van der Waals surface area contributed by atoms with Crippen molar-refractivity contribution in [2.45, 2.75) is 143 Å². The summed E-state index contributed by atoms with van der Waals surface area (Å²) in [4.78, 5) is 115. The van der Waals surface area contributed by atoms with Crippen LogP contribution in [0.15, 0.2) is 54.4 Å². The molecule has 0 aromatic rings. The number of aliphatic hydroxyl groups is 1. The Morgan fingerprint density at radius 1 is 0.674 bits per heavy atom. The summed E-state index contributed by atoms with van der Waals surface area (Å²) < 4.78 is 48.2. The normalized spacial score (nSPS) is 28.9. The van der Waals surface area contributed by atoms with Crippen LogP contribution in [0.3, 0.4) is 0 Å². The number of hydrogen-bond donors (Lipinski definition) is 2. The van der Waals surface area contributed by atoms with Crippen LogP contribution >= 0.6 is 0 Å². The Hall–Kier alpha value is -7.04. The van der Waals surface area contributed by atoms with Crippen LogP contribution in [0.4, 0.5) is 0 Å². The van der Waals surface area contributed by atoms with Gasteiger partial charge in [-0.3, -0.25) is 48.5 Å². The van der Waals surface area contributed by atoms with Gasteiger partial charge >= 0.3 is 52.6 Å². The molecule has 1 unspecified atom stereocenters. The summed E-state index contributed by atoms with van der Waals surface area (Å²) in [6.07, 6.45) is 0.334. The number of amides is 1. The SMILES string of the molecule is COC(=O)CC[C@@H]1C2=NC(=C\C3=NC(=C(/C)C4=N[C@@](C)(C5[N-]/C(=C\2C)[C@](C)(CCC(=O)OC)[C@H]5CC(=O)OC)[C@@](C)(CC(=O)OC)[C@@H]4CCC(=O)OC)/[C@@](C)(CC(=O)NCCOCCOCCOCCN=[N+]=[N-])[C@]3(O)CCC(=O)OC)/C1(C)C.[C-]#N.[C-]#N.[Co+3]. The summed E-state index contributed by atoms with van der Waals surface area (Å²) in [5, 5.41) is 38.4. The first-order valence-electron chi connectivity index (χ1n) is 28.9. The first-order chi connectivity index (χ1) is 41.7. The number of azide groups is 1. The van der Waals surface area contributed by atoms with Gasteiger partial charge in [-0.05, 0) is 80.5 Å². The van der Waals surface area contributed by atoms with Crippen molar-refractivity contribution in [3.05, 3.63) is 63.2 Å². The Bertz CT molecular complexity index is 2850. The zero-order valence-corrected chi connectivity index (χ0v) is 54.7. The van der Waals surface area contributed by atoms with E-state index in [4.69, 9.17) is 92.1 Å². The summed E-state index contributed by atoms with van der Waals surface area (Å²) in [6, 6.07) is -0.987. The van der Waals surface area contributed by atoms with Crippen molar-refractivity contribution in [3.8, 4) is 0 Å². The third-order valence-corrected chi connectivity index (χ3v) is 18.4. The van der Waals surface area contributed by atoms with Crippen LogP contribution in [0.25, 0.3) is 15.8 Å². The van der Waals surface area contributed by atoms with E-state index in [9.17, 15) is 38.7 Å². The molecule has 28 heteroatoms. The van der Waals surface area contributed by atoms with Crippen LogP contribution in [0, 0.1) is 63.1 Å². The van der Waals surface area contributed by atoms with Gasteiger partial charge in [0.2, 0.25) is 5.91 Å². The largest absolute Gasteiger partial charge is 3.00 e. The predicted molar refractivity (Wildman–Crippen MR) is 317 cm³/mol. The number of carbonyl (C=O) groups excluding carboxylic acids is 7. The fourth-order valence-electron chi connectivity index (χ4n) is 13.2. The molecule has 27 nitrogen and oxygen atoms in total. The van der Waals surface area contributed by atoms with Crippen LogP contribution < -0.4 is 5.32 Å². The number of nitrogens with one attached hydrogen (secondary N) is 1. The van der Waals surface area contributed by atoms with Crippen molar-refractivity contribution in [1.82, 2.24) is 5.32 Å². The van der Waals surface area contributed by atoms with Crippen molar-refractivity contribution in [2.75, 3.05) is 95.4 Å². The maximum atomic E-state index is 14.6. The number of esters is 6. The van der Waals surface area contributed by atoms with E-state index < -0.39 is 105 Å². The summed E-state index contributed by atoms with van der Waals surface area (Å²) in [5.74, 6) is -6.01. The van der Waals surface area contributed by atoms with E-state index in [-0.39, 0.29) is 139 Å². The number of carbonyl (C=O) groups is 7. The number of rotatable bonds is 30. The molecule has 0 spiro atoms. The molecule has 0 aromatic heterocycles. The van der Waals surface area contributed by atoms with Gasteiger partial charge in [0.05, 0.1) is 111 Å². The molecule has 1 saturated heterocycles. The van der Waals surface area contributed by atoms with E-state index in [1.165, 1.54) is 42.7 Å². The molecule has 8 bridgehead atoms. The molecule has 9 atom stereocenters. The second-order valence-corrected chi connectivity index (χ2v) is 23.4. The molecule has 5 aliphatic heterocycles. The van der Waals surface area contributed by atoms with Gasteiger partial charge in [0.15, 0.2) is 0 Å². The van der Waals surface area contributed by atoms with Crippen molar-refractivity contribution in [1.29, 1.82) is 10.5 Å². The van der Waals surface area contributed by atoms with Gasteiger partial charge in [-0.15, -0.1) is 0 Å². The molecule has 0 aliphatic carbocycles. The second kappa shape index (κ2) is 34.8. The average molecular weight is 1290 g/mol. The minimum Gasteiger partial charge on any atom is -0.682 e. The molecule has 1 amide bonds. The Labute approximate surface area is 532 Å². The summed E-state index contributed by atoms with van der Waals surface area (Å²) >= 11 is 0. The predicted octanol–water partition coefficient (Wildman–Crippen LogP) is 6.93. The van der Waals surface area contributed by atoms with Crippen LogP contribution in [-0.2, 0) is 93.0 Å². The van der Waals surface area contributed by atoms with Gasteiger partial charge in [0, 0.05) is 96.3 Å². The van der Waals surface area contributed by atoms with Crippen molar-refractivity contribution in [2.24, 2.45) is 59.5 Å². The van der Waals surface area contributed by atoms with Gasteiger partial charge in [-0.25, -0.2) is 0 Å². The zero-order valence-electron chi connectivity index (χ0n) is 53.7. The second-order valence-electron chi connectivity index (χ2n) is 23.4. The molecule has 1 fully saturated rings. The van der Waals surface area contributed by atoms with Crippen LogP contribution in [0.2, 0.25) is 0 Å². The first kappa shape index (κ1) is 78.1. The Morgan fingerprint density at radius 3 is 1.72 bits per heavy atom. The molecule has 0 aromatic carbocycles. The first-order valence-corrected chi connectivity index (χ1v) is 28.9. The third kappa shape index (κ3) is 17.3. The fraction of sp³-hybridized carbons (Fsp3) is 0.705. The molecule has 5 rings (SSSR count). The number of nitrogens with zero attached hydrogens (tertiary/aromatic N) is 9. The maximum Gasteiger partial charge on any atom is 3.00 e. The molecule has 0 radical (unpaired) electrons. The van der Waals surface area contributed by atoms with E-state index >= 15 is 0 Å². The zero-order chi connectivity index (χ0) is 66.4. The van der Waals surface area contributed by atoms with Crippen molar-refractivity contribution in [3.63, 3.8) is 0 Å². The Balaban J connectivity index is 0.00000529. The van der Waals surface area contributed by atoms with E-state index in [0.717, 1.165) is 0 Å². The minimum atomic E-state index is -2.13. The molecular formula is C61H87CoN10O17. The smallest absolute Gasteiger partial charge is 0.682 e. The summed E-state index contributed by atoms with van der Waals surface area (Å²) in [6.45, 7) is 26.1. The molecule has 5 heterocycles. The molecule has 0 saturated carbocycles. The number of aliphatic imine (C=N–C) groups is 3. The number of hydrogen-bond acceptors (Lipinski definition) is 23. The quantitative estimate of drug-likeness (QED) is 0.0140. The number of allylic oxidation sites excluding steroid dienone is 4. The summed E-state index contributed by atoms with van der Waals surface area (Å²) in [5.41, 5.74) is 2.77. The van der Waals surface area contributed by atoms with E-state index in [1.807, 2.05) is 41.5 Å². The van der Waals surface area contributed by atoms with Crippen LogP contribution in [-0.4, -0.2) is 177 Å². The topological polar surface area (TPSA) is 382 Å². The van der Waals surface area contributed by atoms with Gasteiger partial charge in [-0.1, -0.05) is 45.8 Å².